The number of carbonyl (C=O) groups excluding carboxylic acids is 1. The molecule has 0 fully saturated rings. The number of halogens is 1. The van der Waals surface area contributed by atoms with Gasteiger partial charge in [-0.05, 0) is 59.8 Å². The fraction of sp³-hybridized carbons (Fsp3) is 0.133. The fourth-order valence-electron chi connectivity index (χ4n) is 1.66. The first-order valence-electron chi connectivity index (χ1n) is 5.99. The molecule has 0 heterocycles. The molecule has 0 radical (unpaired) electrons. The number of amides is 1. The van der Waals surface area contributed by atoms with Gasteiger partial charge in [0.25, 0.3) is 5.91 Å². The summed E-state index contributed by atoms with van der Waals surface area (Å²) < 4.78 is 6.44. The number of nitrogens with one attached hydrogen (secondary N) is 1. The molecule has 2 aromatic carbocycles. The van der Waals surface area contributed by atoms with Crippen LogP contribution in [0, 0.1) is 3.57 Å². The molecule has 0 bridgehead atoms. The molecule has 0 unspecified atom stereocenters. The maximum Gasteiger partial charge on any atom is 0.255 e. The molecule has 1 N–H and O–H groups in total. The van der Waals surface area contributed by atoms with E-state index in [0.717, 1.165) is 15.0 Å². The standard InChI is InChI=1S/C15H14INO2/c1-2-19-14-8-4-7-13(10-14)17-15(18)11-5-3-6-12(16)9-11/h3-10H,2H2,1H3,(H,17,18). The largest absolute Gasteiger partial charge is 0.494 e. The SMILES string of the molecule is CCOc1cccc(NC(=O)c2cccc(I)c2)c1. The Morgan fingerprint density at radius 1 is 1.21 bits per heavy atom. The van der Waals surface area contributed by atoms with Crippen LogP contribution in [0.2, 0.25) is 0 Å². The highest BCUT2D eigenvalue weighted by Crippen LogP contribution is 2.18. The molecule has 0 aliphatic rings. The van der Waals surface area contributed by atoms with Crippen LogP contribution in [0.15, 0.2) is 48.5 Å². The van der Waals surface area contributed by atoms with Crippen molar-refractivity contribution in [3.8, 4) is 5.75 Å². The van der Waals surface area contributed by atoms with Gasteiger partial charge in [-0.3, -0.25) is 4.79 Å². The first-order valence-corrected chi connectivity index (χ1v) is 7.06. The van der Waals surface area contributed by atoms with Gasteiger partial charge >= 0.3 is 0 Å². The van der Waals surface area contributed by atoms with Gasteiger partial charge in [-0.15, -0.1) is 0 Å². The molecule has 3 nitrogen and oxygen atoms in total. The molecule has 0 saturated heterocycles. The van der Waals surface area contributed by atoms with Gasteiger partial charge in [0.15, 0.2) is 0 Å². The summed E-state index contributed by atoms with van der Waals surface area (Å²) >= 11 is 2.19. The monoisotopic (exact) mass is 367 g/mol. The Morgan fingerprint density at radius 2 is 2.00 bits per heavy atom. The van der Waals surface area contributed by atoms with Crippen molar-refractivity contribution in [1.29, 1.82) is 0 Å². The summed E-state index contributed by atoms with van der Waals surface area (Å²) in [6.07, 6.45) is 0. The van der Waals surface area contributed by atoms with Gasteiger partial charge in [-0.1, -0.05) is 12.1 Å². The minimum absolute atomic E-state index is 0.118. The van der Waals surface area contributed by atoms with Crippen molar-refractivity contribution in [3.05, 3.63) is 57.7 Å². The molecule has 0 saturated carbocycles. The lowest BCUT2D eigenvalue weighted by Crippen LogP contribution is -2.12. The summed E-state index contributed by atoms with van der Waals surface area (Å²) in [5, 5.41) is 2.86. The molecule has 2 rings (SSSR count). The van der Waals surface area contributed by atoms with E-state index >= 15 is 0 Å². The zero-order chi connectivity index (χ0) is 13.7. The minimum Gasteiger partial charge on any atom is -0.494 e. The second kappa shape index (κ2) is 6.56. The van der Waals surface area contributed by atoms with Crippen molar-refractivity contribution in [2.24, 2.45) is 0 Å². The Hall–Kier alpha value is -1.56. The van der Waals surface area contributed by atoms with Gasteiger partial charge in [0.1, 0.15) is 5.75 Å². The zero-order valence-electron chi connectivity index (χ0n) is 10.5. The molecule has 0 aliphatic heterocycles. The predicted octanol–water partition coefficient (Wildman–Crippen LogP) is 3.94. The van der Waals surface area contributed by atoms with Crippen LogP contribution in [-0.2, 0) is 0 Å². The van der Waals surface area contributed by atoms with E-state index in [9.17, 15) is 4.79 Å². The zero-order valence-corrected chi connectivity index (χ0v) is 12.7. The van der Waals surface area contributed by atoms with Crippen LogP contribution in [0.25, 0.3) is 0 Å². The number of hydrogen-bond acceptors (Lipinski definition) is 2. The highest BCUT2D eigenvalue weighted by atomic mass is 127. The maximum atomic E-state index is 12.1. The first-order chi connectivity index (χ1) is 9.19. The van der Waals surface area contributed by atoms with Crippen LogP contribution in [0.3, 0.4) is 0 Å². The summed E-state index contributed by atoms with van der Waals surface area (Å²) in [7, 11) is 0. The summed E-state index contributed by atoms with van der Waals surface area (Å²) in [6.45, 7) is 2.53. The maximum absolute atomic E-state index is 12.1. The Morgan fingerprint density at radius 3 is 2.74 bits per heavy atom. The smallest absolute Gasteiger partial charge is 0.255 e. The Kier molecular flexibility index (Phi) is 4.79. The van der Waals surface area contributed by atoms with Gasteiger partial charge in [0.05, 0.1) is 6.61 Å². The van der Waals surface area contributed by atoms with E-state index in [-0.39, 0.29) is 5.91 Å². The third-order valence-electron chi connectivity index (χ3n) is 2.49. The third kappa shape index (κ3) is 3.96. The lowest BCUT2D eigenvalue weighted by Gasteiger charge is -2.08. The summed E-state index contributed by atoms with van der Waals surface area (Å²) in [5.41, 5.74) is 1.38. The summed E-state index contributed by atoms with van der Waals surface area (Å²) in [5.74, 6) is 0.634. The van der Waals surface area contributed by atoms with Gasteiger partial charge in [0.2, 0.25) is 0 Å². The number of anilines is 1. The Bertz CT molecular complexity index is 584. The average Bonchev–Trinajstić information content (AvgIpc) is 2.39. The van der Waals surface area contributed by atoms with Crippen molar-refractivity contribution in [2.45, 2.75) is 6.92 Å². The molecule has 19 heavy (non-hydrogen) atoms. The predicted molar refractivity (Wildman–Crippen MR) is 84.7 cm³/mol. The second-order valence-corrected chi connectivity index (χ2v) is 5.17. The van der Waals surface area contributed by atoms with E-state index < -0.39 is 0 Å². The fourth-order valence-corrected chi connectivity index (χ4v) is 2.21. The van der Waals surface area contributed by atoms with Gasteiger partial charge in [-0.2, -0.15) is 0 Å². The van der Waals surface area contributed by atoms with Crippen LogP contribution in [-0.4, -0.2) is 12.5 Å². The van der Waals surface area contributed by atoms with Crippen LogP contribution in [0.1, 0.15) is 17.3 Å². The third-order valence-corrected chi connectivity index (χ3v) is 3.16. The van der Waals surface area contributed by atoms with Gasteiger partial charge < -0.3 is 10.1 Å². The van der Waals surface area contributed by atoms with E-state index in [2.05, 4.69) is 27.9 Å². The number of carbonyl (C=O) groups is 1. The number of benzene rings is 2. The second-order valence-electron chi connectivity index (χ2n) is 3.93. The molecule has 4 heteroatoms. The summed E-state index contributed by atoms with van der Waals surface area (Å²) in [4.78, 5) is 12.1. The lowest BCUT2D eigenvalue weighted by molar-refractivity contribution is 0.102. The average molecular weight is 367 g/mol. The van der Waals surface area contributed by atoms with Crippen molar-refractivity contribution in [2.75, 3.05) is 11.9 Å². The molecule has 2 aromatic rings. The lowest BCUT2D eigenvalue weighted by atomic mass is 10.2. The Balaban J connectivity index is 2.12. The van der Waals surface area contributed by atoms with Crippen molar-refractivity contribution < 1.29 is 9.53 Å². The van der Waals surface area contributed by atoms with E-state index in [0.29, 0.717) is 12.2 Å². The Labute approximate surface area is 126 Å². The minimum atomic E-state index is -0.118. The number of ether oxygens (including phenoxy) is 1. The van der Waals surface area contributed by atoms with Crippen LogP contribution < -0.4 is 10.1 Å². The van der Waals surface area contributed by atoms with Crippen molar-refractivity contribution in [1.82, 2.24) is 0 Å². The van der Waals surface area contributed by atoms with E-state index in [1.165, 1.54) is 0 Å². The summed E-state index contributed by atoms with van der Waals surface area (Å²) in [6, 6.07) is 14.8. The topological polar surface area (TPSA) is 38.3 Å². The molecule has 0 aromatic heterocycles. The van der Waals surface area contributed by atoms with E-state index in [1.807, 2.05) is 49.4 Å². The highest BCUT2D eigenvalue weighted by molar-refractivity contribution is 14.1. The van der Waals surface area contributed by atoms with Crippen molar-refractivity contribution >= 4 is 34.2 Å². The number of hydrogen-bond donors (Lipinski definition) is 1. The molecule has 98 valence electrons. The quantitative estimate of drug-likeness (QED) is 0.832. The van der Waals surface area contributed by atoms with E-state index in [1.54, 1.807) is 6.07 Å². The van der Waals surface area contributed by atoms with E-state index in [4.69, 9.17) is 4.74 Å². The molecule has 0 aliphatic carbocycles. The van der Waals surface area contributed by atoms with Gasteiger partial charge in [-0.25, -0.2) is 0 Å². The molecule has 0 spiro atoms. The van der Waals surface area contributed by atoms with Gasteiger partial charge in [0, 0.05) is 20.9 Å². The van der Waals surface area contributed by atoms with Crippen LogP contribution in [0.5, 0.6) is 5.75 Å². The number of rotatable bonds is 4. The highest BCUT2D eigenvalue weighted by Gasteiger charge is 2.06. The molecule has 1 amide bonds. The van der Waals surface area contributed by atoms with Crippen molar-refractivity contribution in [3.63, 3.8) is 0 Å². The van der Waals surface area contributed by atoms with Crippen LogP contribution >= 0.6 is 22.6 Å². The molecular weight excluding hydrogens is 353 g/mol. The first kappa shape index (κ1) is 13.9. The van der Waals surface area contributed by atoms with Crippen LogP contribution in [0.4, 0.5) is 5.69 Å². The molecular formula is C15H14INO2. The normalized spacial score (nSPS) is 10.0. The molecule has 0 atom stereocenters.